The standard InChI is InChI=1S/C12H15NO2/c1-13-8-2-3-11(12(13)15)9-4-6-10(14)7-5-9/h2-3,8-9H,4-7H2,1H3. The first-order valence-electron chi connectivity index (χ1n) is 5.35. The van der Waals surface area contributed by atoms with E-state index in [1.54, 1.807) is 17.8 Å². The number of pyridine rings is 1. The summed E-state index contributed by atoms with van der Waals surface area (Å²) in [5.74, 6) is 0.613. The van der Waals surface area contributed by atoms with Crippen LogP contribution >= 0.6 is 0 Å². The van der Waals surface area contributed by atoms with Crippen molar-refractivity contribution < 1.29 is 4.79 Å². The Hall–Kier alpha value is -1.38. The molecule has 0 saturated heterocycles. The molecule has 3 heteroatoms. The Morgan fingerprint density at radius 1 is 1.27 bits per heavy atom. The van der Waals surface area contributed by atoms with Crippen LogP contribution in [0.4, 0.5) is 0 Å². The number of hydrogen-bond donors (Lipinski definition) is 0. The van der Waals surface area contributed by atoms with Gasteiger partial charge in [0, 0.05) is 31.6 Å². The van der Waals surface area contributed by atoms with Crippen LogP contribution in [-0.4, -0.2) is 10.4 Å². The smallest absolute Gasteiger partial charge is 0.253 e. The van der Waals surface area contributed by atoms with Crippen LogP contribution in [-0.2, 0) is 11.8 Å². The van der Waals surface area contributed by atoms with Gasteiger partial charge in [0.1, 0.15) is 5.78 Å². The third-order valence-corrected chi connectivity index (χ3v) is 3.14. The number of ketones is 1. The third kappa shape index (κ3) is 2.01. The molecule has 1 saturated carbocycles. The molecule has 1 aromatic rings. The van der Waals surface area contributed by atoms with E-state index in [0.717, 1.165) is 18.4 Å². The normalized spacial score (nSPS) is 18.1. The summed E-state index contributed by atoms with van der Waals surface area (Å²) in [5.41, 5.74) is 0.948. The second-order valence-electron chi connectivity index (χ2n) is 4.19. The molecule has 15 heavy (non-hydrogen) atoms. The Labute approximate surface area is 88.7 Å². The summed E-state index contributed by atoms with van der Waals surface area (Å²) in [6.45, 7) is 0. The van der Waals surface area contributed by atoms with E-state index in [0.29, 0.717) is 18.6 Å². The first kappa shape index (κ1) is 10.1. The lowest BCUT2D eigenvalue weighted by Gasteiger charge is -2.20. The zero-order valence-corrected chi connectivity index (χ0v) is 8.90. The SMILES string of the molecule is Cn1cccc(C2CCC(=O)CC2)c1=O. The predicted octanol–water partition coefficient (Wildman–Crippen LogP) is 1.61. The Morgan fingerprint density at radius 2 is 1.93 bits per heavy atom. The highest BCUT2D eigenvalue weighted by atomic mass is 16.1. The van der Waals surface area contributed by atoms with Gasteiger partial charge >= 0.3 is 0 Å². The van der Waals surface area contributed by atoms with Crippen LogP contribution in [0.25, 0.3) is 0 Å². The first-order chi connectivity index (χ1) is 7.18. The van der Waals surface area contributed by atoms with E-state index in [4.69, 9.17) is 0 Å². The van der Waals surface area contributed by atoms with Gasteiger partial charge in [-0.25, -0.2) is 0 Å². The van der Waals surface area contributed by atoms with Crippen LogP contribution in [0.3, 0.4) is 0 Å². The maximum absolute atomic E-state index is 11.8. The summed E-state index contributed by atoms with van der Waals surface area (Å²) >= 11 is 0. The molecule has 0 radical (unpaired) electrons. The lowest BCUT2D eigenvalue weighted by Crippen LogP contribution is -2.24. The molecule has 0 aliphatic heterocycles. The molecule has 1 aliphatic carbocycles. The summed E-state index contributed by atoms with van der Waals surface area (Å²) in [6.07, 6.45) is 4.68. The lowest BCUT2D eigenvalue weighted by molar-refractivity contribution is -0.120. The van der Waals surface area contributed by atoms with Gasteiger partial charge in [-0.1, -0.05) is 6.07 Å². The van der Waals surface area contributed by atoms with E-state index in [-0.39, 0.29) is 11.5 Å². The van der Waals surface area contributed by atoms with Gasteiger partial charge < -0.3 is 4.57 Å². The van der Waals surface area contributed by atoms with E-state index < -0.39 is 0 Å². The Kier molecular flexibility index (Phi) is 2.71. The summed E-state index contributed by atoms with van der Waals surface area (Å²) in [7, 11) is 1.76. The van der Waals surface area contributed by atoms with Gasteiger partial charge in [-0.2, -0.15) is 0 Å². The van der Waals surface area contributed by atoms with Crippen molar-refractivity contribution in [1.29, 1.82) is 0 Å². The average Bonchev–Trinajstić information content (AvgIpc) is 2.24. The van der Waals surface area contributed by atoms with E-state index in [1.807, 2.05) is 12.1 Å². The van der Waals surface area contributed by atoms with Gasteiger partial charge in [-0.15, -0.1) is 0 Å². The molecule has 0 spiro atoms. The molecule has 0 unspecified atom stereocenters. The molecular formula is C12H15NO2. The van der Waals surface area contributed by atoms with E-state index in [2.05, 4.69) is 0 Å². The minimum absolute atomic E-state index is 0.0804. The molecule has 1 aromatic heterocycles. The molecule has 1 fully saturated rings. The highest BCUT2D eigenvalue weighted by Crippen LogP contribution is 2.28. The molecule has 2 rings (SSSR count). The number of aromatic nitrogens is 1. The zero-order valence-electron chi connectivity index (χ0n) is 8.90. The fraction of sp³-hybridized carbons (Fsp3) is 0.500. The van der Waals surface area contributed by atoms with Gasteiger partial charge in [0.05, 0.1) is 0 Å². The highest BCUT2D eigenvalue weighted by Gasteiger charge is 2.22. The summed E-state index contributed by atoms with van der Waals surface area (Å²) < 4.78 is 1.60. The minimum Gasteiger partial charge on any atom is -0.318 e. The zero-order chi connectivity index (χ0) is 10.8. The molecule has 0 atom stereocenters. The van der Waals surface area contributed by atoms with Crippen molar-refractivity contribution in [1.82, 2.24) is 4.57 Å². The van der Waals surface area contributed by atoms with E-state index >= 15 is 0 Å². The van der Waals surface area contributed by atoms with Gasteiger partial charge in [0.25, 0.3) is 5.56 Å². The monoisotopic (exact) mass is 205 g/mol. The van der Waals surface area contributed by atoms with Crippen LogP contribution < -0.4 is 5.56 Å². The van der Waals surface area contributed by atoms with Gasteiger partial charge in [-0.3, -0.25) is 9.59 Å². The van der Waals surface area contributed by atoms with Crippen molar-refractivity contribution in [3.8, 4) is 0 Å². The fourth-order valence-corrected chi connectivity index (χ4v) is 2.18. The van der Waals surface area contributed by atoms with Crippen molar-refractivity contribution in [2.24, 2.45) is 7.05 Å². The summed E-state index contributed by atoms with van der Waals surface area (Å²) in [6, 6.07) is 3.79. The van der Waals surface area contributed by atoms with E-state index in [1.165, 1.54) is 0 Å². The topological polar surface area (TPSA) is 39.1 Å². The summed E-state index contributed by atoms with van der Waals surface area (Å²) in [5, 5.41) is 0. The maximum Gasteiger partial charge on any atom is 0.253 e. The second kappa shape index (κ2) is 4.01. The number of rotatable bonds is 1. The third-order valence-electron chi connectivity index (χ3n) is 3.14. The molecule has 1 aliphatic rings. The second-order valence-corrected chi connectivity index (χ2v) is 4.19. The summed E-state index contributed by atoms with van der Waals surface area (Å²) in [4.78, 5) is 22.9. The van der Waals surface area contributed by atoms with Crippen molar-refractivity contribution in [2.45, 2.75) is 31.6 Å². The predicted molar refractivity (Wildman–Crippen MR) is 57.9 cm³/mol. The van der Waals surface area contributed by atoms with Crippen molar-refractivity contribution in [3.63, 3.8) is 0 Å². The fourth-order valence-electron chi connectivity index (χ4n) is 2.18. The van der Waals surface area contributed by atoms with Crippen LogP contribution in [0.2, 0.25) is 0 Å². The van der Waals surface area contributed by atoms with Crippen molar-refractivity contribution in [2.75, 3.05) is 0 Å². The number of Topliss-reactive ketones (excluding diaryl/α,β-unsaturated/α-hetero) is 1. The van der Waals surface area contributed by atoms with Gasteiger partial charge in [-0.05, 0) is 24.8 Å². The molecule has 3 nitrogen and oxygen atoms in total. The van der Waals surface area contributed by atoms with Crippen LogP contribution in [0, 0.1) is 0 Å². The molecule has 0 amide bonds. The Balaban J connectivity index is 2.27. The number of hydrogen-bond acceptors (Lipinski definition) is 2. The molecule has 0 aromatic carbocycles. The Morgan fingerprint density at radius 3 is 2.60 bits per heavy atom. The van der Waals surface area contributed by atoms with Crippen molar-refractivity contribution in [3.05, 3.63) is 34.2 Å². The minimum atomic E-state index is 0.0804. The molecular weight excluding hydrogens is 190 g/mol. The molecule has 0 bridgehead atoms. The average molecular weight is 205 g/mol. The van der Waals surface area contributed by atoms with Crippen LogP contribution in [0.15, 0.2) is 23.1 Å². The van der Waals surface area contributed by atoms with Crippen LogP contribution in [0.5, 0.6) is 0 Å². The van der Waals surface area contributed by atoms with Gasteiger partial charge in [0.2, 0.25) is 0 Å². The maximum atomic E-state index is 11.8. The number of nitrogens with zero attached hydrogens (tertiary/aromatic N) is 1. The molecule has 0 N–H and O–H groups in total. The van der Waals surface area contributed by atoms with Gasteiger partial charge in [0.15, 0.2) is 0 Å². The lowest BCUT2D eigenvalue weighted by atomic mass is 9.84. The quantitative estimate of drug-likeness (QED) is 0.698. The highest BCUT2D eigenvalue weighted by molar-refractivity contribution is 5.79. The number of carbonyl (C=O) groups is 1. The largest absolute Gasteiger partial charge is 0.318 e. The van der Waals surface area contributed by atoms with Crippen molar-refractivity contribution >= 4 is 5.78 Å². The first-order valence-corrected chi connectivity index (χ1v) is 5.35. The molecule has 80 valence electrons. The Bertz CT molecular complexity index is 423. The van der Waals surface area contributed by atoms with Crippen LogP contribution in [0.1, 0.15) is 37.2 Å². The molecule has 1 heterocycles. The van der Waals surface area contributed by atoms with E-state index in [9.17, 15) is 9.59 Å². The number of aryl methyl sites for hydroxylation is 1. The number of carbonyl (C=O) groups excluding carboxylic acids is 1.